The Bertz CT molecular complexity index is 3250. The monoisotopic (exact) mass is 928 g/mol. The summed E-state index contributed by atoms with van der Waals surface area (Å²) in [5.74, 6) is -0.521. The van der Waals surface area contributed by atoms with Crippen molar-refractivity contribution in [1.29, 1.82) is 0 Å². The normalized spacial score (nSPS) is 23.3. The number of aromatic nitrogens is 7. The first-order valence-electron chi connectivity index (χ1n) is 23.3. The van der Waals surface area contributed by atoms with Gasteiger partial charge >= 0.3 is 11.8 Å². The van der Waals surface area contributed by atoms with E-state index in [4.69, 9.17) is 19.4 Å². The maximum atomic E-state index is 16.4. The number of rotatable bonds is 10. The van der Waals surface area contributed by atoms with Gasteiger partial charge in [0.15, 0.2) is 5.82 Å². The Balaban J connectivity index is 1.04. The van der Waals surface area contributed by atoms with Crippen LogP contribution in [-0.2, 0) is 32.8 Å². The Labute approximate surface area is 390 Å². The number of nitrogens with zero attached hydrogens (tertiary/aromatic N) is 8. The van der Waals surface area contributed by atoms with Crippen molar-refractivity contribution in [2.24, 2.45) is 5.92 Å². The van der Waals surface area contributed by atoms with Gasteiger partial charge in [0.25, 0.3) is 5.91 Å². The number of aryl methyl sites for hydroxylation is 2. The quantitative estimate of drug-likeness (QED) is 0.143. The van der Waals surface area contributed by atoms with Crippen molar-refractivity contribution in [1.82, 2.24) is 49.0 Å². The number of carbonyl (C=O) groups excluding carboxylic acids is 2. The number of hydrogen-bond acceptors (Lipinski definition) is 9. The number of halogens is 2. The Hall–Kier alpha value is -6.63. The molecular weight excluding hydrogens is 875 g/mol. The smallest absolute Gasteiger partial charge is 0.383 e. The van der Waals surface area contributed by atoms with E-state index in [1.165, 1.54) is 27.1 Å². The first-order valence-corrected chi connectivity index (χ1v) is 23.3. The molecule has 2 saturated heterocycles. The molecule has 0 radical (unpaired) electrons. The van der Waals surface area contributed by atoms with Gasteiger partial charge in [0.2, 0.25) is 0 Å². The zero-order valence-corrected chi connectivity index (χ0v) is 39.1. The Kier molecular flexibility index (Phi) is 10.3. The molecule has 0 bridgehead atoms. The standard InChI is InChI=1S/C50H54F2N10O6/c1-27-20-34(21-28(2)42(27)51)62-44(59-16-15-58(48(59)65)39-11-10-38-35(43(39)52)26-53-60(38)17-19-66-7)41-30(4)57(14-12-36(41)55-62)45(63)40-23-33-22-31(32-13-18-67-49(5,6)25-32)8-9-37(33)61(40)50(24-29(50)3)46-54-47(64)68-56-46/h8-11,15-16,20-23,26,29-30,32,46,56H,12-14,17-19,24-25H2,1-7H3,(H,54,64)/t29-,30-,32?,46?,50-/m0/s1. The highest BCUT2D eigenvalue weighted by Gasteiger charge is 2.62. The molecule has 4 aliphatic rings. The first-order chi connectivity index (χ1) is 32.6. The minimum atomic E-state index is -0.725. The van der Waals surface area contributed by atoms with Crippen LogP contribution < -0.4 is 16.5 Å². The summed E-state index contributed by atoms with van der Waals surface area (Å²) in [6, 6.07) is 14.4. The van der Waals surface area contributed by atoms with Gasteiger partial charge in [0, 0.05) is 55.5 Å². The number of amides is 2. The van der Waals surface area contributed by atoms with Gasteiger partial charge in [-0.2, -0.15) is 10.2 Å². The molecule has 354 valence electrons. The van der Waals surface area contributed by atoms with Crippen LogP contribution in [0.1, 0.15) is 97.4 Å². The molecule has 7 heterocycles. The number of carbonyl (C=O) groups is 2. The first kappa shape index (κ1) is 43.9. The van der Waals surface area contributed by atoms with Crippen molar-refractivity contribution < 1.29 is 32.7 Å². The third-order valence-electron chi connectivity index (χ3n) is 14.9. The van der Waals surface area contributed by atoms with E-state index < -0.39 is 35.3 Å². The molecular formula is C50H54F2N10O6. The molecule has 68 heavy (non-hydrogen) atoms. The highest BCUT2D eigenvalue weighted by Crippen LogP contribution is 2.55. The van der Waals surface area contributed by atoms with E-state index in [0.717, 1.165) is 23.7 Å². The van der Waals surface area contributed by atoms with Gasteiger partial charge in [0.1, 0.15) is 23.5 Å². The summed E-state index contributed by atoms with van der Waals surface area (Å²) in [6.07, 6.45) is 6.09. The maximum Gasteiger partial charge on any atom is 0.427 e. The number of nitrogens with one attached hydrogen (secondary N) is 2. The molecule has 1 aliphatic carbocycles. The van der Waals surface area contributed by atoms with Crippen LogP contribution in [0.25, 0.3) is 39.0 Å². The molecule has 1 saturated carbocycles. The van der Waals surface area contributed by atoms with Gasteiger partial charge in [-0.05, 0) is 125 Å². The van der Waals surface area contributed by atoms with E-state index >= 15 is 13.6 Å². The van der Waals surface area contributed by atoms with Crippen molar-refractivity contribution in [3.05, 3.63) is 123 Å². The molecule has 3 aliphatic heterocycles. The molecule has 16 nitrogen and oxygen atoms in total. The molecule has 5 atom stereocenters. The van der Waals surface area contributed by atoms with E-state index in [9.17, 15) is 9.59 Å². The van der Waals surface area contributed by atoms with Crippen molar-refractivity contribution >= 4 is 33.8 Å². The van der Waals surface area contributed by atoms with Gasteiger partial charge in [0.05, 0.1) is 64.5 Å². The summed E-state index contributed by atoms with van der Waals surface area (Å²) in [6.45, 7) is 13.4. The lowest BCUT2D eigenvalue weighted by Crippen LogP contribution is -2.49. The predicted octanol–water partition coefficient (Wildman–Crippen LogP) is 7.40. The summed E-state index contributed by atoms with van der Waals surface area (Å²) in [5, 5.41) is 13.5. The second-order valence-electron chi connectivity index (χ2n) is 19.6. The molecule has 11 rings (SSSR count). The van der Waals surface area contributed by atoms with Crippen molar-refractivity contribution in [2.45, 2.75) is 103 Å². The van der Waals surface area contributed by atoms with Crippen LogP contribution in [0.2, 0.25) is 0 Å². The van der Waals surface area contributed by atoms with Crippen molar-refractivity contribution in [2.75, 3.05) is 26.9 Å². The van der Waals surface area contributed by atoms with E-state index in [2.05, 4.69) is 59.4 Å². The highest BCUT2D eigenvalue weighted by molar-refractivity contribution is 6.00. The number of ether oxygens (including phenoxy) is 2. The highest BCUT2D eigenvalue weighted by atomic mass is 19.1. The lowest BCUT2D eigenvalue weighted by molar-refractivity contribution is -0.0592. The summed E-state index contributed by atoms with van der Waals surface area (Å²) in [4.78, 5) is 50.0. The van der Waals surface area contributed by atoms with E-state index in [-0.39, 0.29) is 40.2 Å². The fraction of sp³-hybridized carbons (Fsp3) is 0.420. The number of fused-ring (bicyclic) bond motifs is 3. The van der Waals surface area contributed by atoms with Gasteiger partial charge in [-0.25, -0.2) is 23.1 Å². The number of hydroxylamine groups is 1. The summed E-state index contributed by atoms with van der Waals surface area (Å²) in [7, 11) is 1.58. The number of hydrogen-bond donors (Lipinski definition) is 2. The second kappa shape index (κ2) is 16.0. The van der Waals surface area contributed by atoms with Crippen LogP contribution in [0.4, 0.5) is 13.6 Å². The molecule has 18 heteroatoms. The molecule has 2 N–H and O–H groups in total. The van der Waals surface area contributed by atoms with E-state index in [1.807, 2.05) is 13.0 Å². The topological polar surface area (TPSA) is 157 Å². The third kappa shape index (κ3) is 6.81. The summed E-state index contributed by atoms with van der Waals surface area (Å²) in [5.41, 5.74) is 7.02. The summed E-state index contributed by atoms with van der Waals surface area (Å²) < 4.78 is 50.9. The zero-order valence-electron chi connectivity index (χ0n) is 39.1. The average Bonchev–Trinajstić information content (AvgIpc) is 3.96. The molecule has 3 fully saturated rings. The largest absolute Gasteiger partial charge is 0.427 e. The SMILES string of the molecule is COCCn1ncc2c(F)c(-n3ccn(-c4c5c(nn4-c4cc(C)c(F)c(C)c4)CCN(C(=O)c4cc6cc(C7CCOC(C)(C)C7)ccc6n4[C@@]4(C6NOC(=O)N6)C[C@@H]4C)[C@H]5C)c3=O)ccc21. The van der Waals surface area contributed by atoms with Crippen molar-refractivity contribution in [3.8, 4) is 17.2 Å². The molecule has 2 unspecified atom stereocenters. The average molecular weight is 929 g/mol. The molecule has 0 spiro atoms. The fourth-order valence-corrected chi connectivity index (χ4v) is 11.3. The van der Waals surface area contributed by atoms with Gasteiger partial charge in [-0.3, -0.25) is 23.9 Å². The fourth-order valence-electron chi connectivity index (χ4n) is 11.3. The van der Waals surface area contributed by atoms with Gasteiger partial charge < -0.3 is 23.8 Å². The zero-order chi connectivity index (χ0) is 47.6. The second-order valence-corrected chi connectivity index (χ2v) is 19.6. The van der Waals surface area contributed by atoms with Crippen molar-refractivity contribution in [3.63, 3.8) is 0 Å². The third-order valence-corrected chi connectivity index (χ3v) is 14.9. The van der Waals surface area contributed by atoms with Crippen LogP contribution in [-0.4, -0.2) is 88.8 Å². The number of methoxy groups -OCH3 is 1. The predicted molar refractivity (Wildman–Crippen MR) is 248 cm³/mol. The van der Waals surface area contributed by atoms with Crippen LogP contribution >= 0.6 is 0 Å². The lowest BCUT2D eigenvalue weighted by Gasteiger charge is -2.36. The lowest BCUT2D eigenvalue weighted by atomic mass is 9.83. The molecule has 2 amide bonds. The van der Waals surface area contributed by atoms with E-state index in [1.54, 1.807) is 65.7 Å². The maximum absolute atomic E-state index is 16.4. The number of imidazole rings is 1. The van der Waals surface area contributed by atoms with Gasteiger partial charge in [-0.1, -0.05) is 13.0 Å². The molecule has 3 aromatic carbocycles. The van der Waals surface area contributed by atoms with Crippen LogP contribution in [0.5, 0.6) is 0 Å². The minimum Gasteiger partial charge on any atom is -0.383 e. The van der Waals surface area contributed by atoms with Crippen LogP contribution in [0.3, 0.4) is 0 Å². The Morgan fingerprint density at radius 1 is 0.971 bits per heavy atom. The van der Waals surface area contributed by atoms with Crippen LogP contribution in [0.15, 0.2) is 71.9 Å². The summed E-state index contributed by atoms with van der Waals surface area (Å²) >= 11 is 0. The Morgan fingerprint density at radius 3 is 2.43 bits per heavy atom. The van der Waals surface area contributed by atoms with E-state index in [0.29, 0.717) is 84.2 Å². The van der Waals surface area contributed by atoms with Crippen LogP contribution in [0, 0.1) is 31.4 Å². The minimum absolute atomic E-state index is 0.0314. The molecule has 4 aromatic heterocycles. The number of benzene rings is 3. The Morgan fingerprint density at radius 2 is 1.72 bits per heavy atom. The van der Waals surface area contributed by atoms with Gasteiger partial charge in [-0.15, -0.1) is 5.48 Å². The molecule has 7 aromatic rings.